The maximum atomic E-state index is 6.13. The van der Waals surface area contributed by atoms with E-state index in [4.69, 9.17) is 34.3 Å². The molecule has 0 aliphatic rings. The number of ether oxygens (including phenoxy) is 1. The Bertz CT molecular complexity index is 592. The summed E-state index contributed by atoms with van der Waals surface area (Å²) in [5.41, 5.74) is 6.52. The van der Waals surface area contributed by atoms with Crippen LogP contribution in [-0.4, -0.2) is 21.9 Å². The topological polar surface area (TPSA) is 68.9 Å². The van der Waals surface area contributed by atoms with Crippen molar-refractivity contribution < 1.29 is 4.74 Å². The van der Waals surface area contributed by atoms with E-state index in [-0.39, 0.29) is 0 Å². The van der Waals surface area contributed by atoms with Gasteiger partial charge in [0.25, 0.3) is 0 Å². The number of anilines is 1. The van der Waals surface area contributed by atoms with Gasteiger partial charge in [0.15, 0.2) is 4.77 Å². The molecule has 1 aromatic heterocycles. The molecular formula is C10H11ClN4OS. The highest BCUT2D eigenvalue weighted by molar-refractivity contribution is 7.71. The number of methoxy groups -OCH3 is 1. The fourth-order valence-electron chi connectivity index (χ4n) is 1.52. The van der Waals surface area contributed by atoms with E-state index < -0.39 is 0 Å². The summed E-state index contributed by atoms with van der Waals surface area (Å²) in [4.78, 5) is 0. The van der Waals surface area contributed by atoms with E-state index in [1.54, 1.807) is 17.7 Å². The highest BCUT2D eigenvalue weighted by Crippen LogP contribution is 2.27. The molecule has 0 spiro atoms. The summed E-state index contributed by atoms with van der Waals surface area (Å²) in [5, 5.41) is 7.06. The van der Waals surface area contributed by atoms with Gasteiger partial charge in [0.1, 0.15) is 5.75 Å². The third kappa shape index (κ3) is 2.27. The van der Waals surface area contributed by atoms with Crippen LogP contribution in [0, 0.1) is 4.77 Å². The number of nitrogens with two attached hydrogens (primary N) is 1. The van der Waals surface area contributed by atoms with Gasteiger partial charge >= 0.3 is 0 Å². The van der Waals surface area contributed by atoms with E-state index in [1.165, 1.54) is 0 Å². The Morgan fingerprint density at radius 1 is 1.59 bits per heavy atom. The molecule has 17 heavy (non-hydrogen) atoms. The zero-order valence-electron chi connectivity index (χ0n) is 9.11. The second-order valence-electron chi connectivity index (χ2n) is 3.39. The number of benzene rings is 1. The normalized spacial score (nSPS) is 10.5. The van der Waals surface area contributed by atoms with Gasteiger partial charge in [-0.15, -0.1) is 5.10 Å². The monoisotopic (exact) mass is 270 g/mol. The minimum atomic E-state index is 0.317. The van der Waals surface area contributed by atoms with Crippen LogP contribution in [0.15, 0.2) is 18.2 Å². The second-order valence-corrected chi connectivity index (χ2v) is 4.19. The quantitative estimate of drug-likeness (QED) is 0.840. The number of aromatic amines is 1. The van der Waals surface area contributed by atoms with E-state index in [0.29, 0.717) is 28.0 Å². The molecule has 90 valence electrons. The van der Waals surface area contributed by atoms with E-state index in [0.717, 1.165) is 5.56 Å². The summed E-state index contributed by atoms with van der Waals surface area (Å²) < 4.78 is 7.35. The zero-order valence-corrected chi connectivity index (χ0v) is 10.7. The van der Waals surface area contributed by atoms with Gasteiger partial charge in [-0.25, -0.2) is 5.10 Å². The molecule has 0 saturated carbocycles. The molecule has 0 fully saturated rings. The molecule has 3 N–H and O–H groups in total. The smallest absolute Gasteiger partial charge is 0.220 e. The van der Waals surface area contributed by atoms with Crippen LogP contribution in [0.3, 0.4) is 0 Å². The summed E-state index contributed by atoms with van der Waals surface area (Å²) in [5.74, 6) is 1.01. The molecule has 2 rings (SSSR count). The second kappa shape index (κ2) is 4.77. The average Bonchev–Trinajstić information content (AvgIpc) is 2.63. The Balaban J connectivity index is 2.46. The molecular weight excluding hydrogens is 260 g/mol. The molecule has 5 nitrogen and oxygen atoms in total. The Kier molecular flexibility index (Phi) is 3.35. The van der Waals surface area contributed by atoms with Gasteiger partial charge in [-0.3, -0.25) is 4.57 Å². The van der Waals surface area contributed by atoms with Crippen molar-refractivity contribution in [3.63, 3.8) is 0 Å². The molecule has 0 atom stereocenters. The largest absolute Gasteiger partial charge is 0.496 e. The van der Waals surface area contributed by atoms with E-state index in [2.05, 4.69) is 10.2 Å². The minimum Gasteiger partial charge on any atom is -0.496 e. The van der Waals surface area contributed by atoms with Crippen LogP contribution in [0.5, 0.6) is 5.75 Å². The predicted octanol–water partition coefficient (Wildman–Crippen LogP) is 2.23. The molecule has 0 amide bonds. The van der Waals surface area contributed by atoms with Crippen molar-refractivity contribution in [1.82, 2.24) is 14.8 Å². The fraction of sp³-hybridized carbons (Fsp3) is 0.200. The minimum absolute atomic E-state index is 0.317. The molecule has 0 aliphatic heterocycles. The average molecular weight is 271 g/mol. The van der Waals surface area contributed by atoms with Crippen LogP contribution >= 0.6 is 23.8 Å². The van der Waals surface area contributed by atoms with Gasteiger partial charge in [-0.05, 0) is 24.4 Å². The van der Waals surface area contributed by atoms with E-state index in [1.807, 2.05) is 12.1 Å². The number of hydrogen-bond donors (Lipinski definition) is 2. The first-order valence-corrected chi connectivity index (χ1v) is 5.64. The highest BCUT2D eigenvalue weighted by Gasteiger charge is 2.11. The van der Waals surface area contributed by atoms with E-state index in [9.17, 15) is 0 Å². The Labute approximate surface area is 108 Å². The molecule has 7 heteroatoms. The molecule has 0 saturated heterocycles. The number of halogens is 1. The van der Waals surface area contributed by atoms with Crippen LogP contribution in [-0.2, 0) is 6.54 Å². The maximum absolute atomic E-state index is 6.13. The molecule has 0 radical (unpaired) electrons. The number of nitrogens with zero attached hydrogens (tertiary/aromatic N) is 2. The van der Waals surface area contributed by atoms with Crippen molar-refractivity contribution >= 4 is 29.8 Å². The number of nitrogen functional groups attached to an aromatic ring is 1. The third-order valence-electron chi connectivity index (χ3n) is 2.40. The number of hydrogen-bond acceptors (Lipinski definition) is 4. The lowest BCUT2D eigenvalue weighted by Crippen LogP contribution is -2.06. The lowest BCUT2D eigenvalue weighted by atomic mass is 10.2. The van der Waals surface area contributed by atoms with Gasteiger partial charge < -0.3 is 10.5 Å². The lowest BCUT2D eigenvalue weighted by molar-refractivity contribution is 0.408. The standard InChI is InChI=1S/C10H11ClN4OS/c1-16-8-4-2-3-7(11)6(8)5-15-9(12)13-14-10(15)17/h2-4H,5H2,1H3,(H2,12,13)(H,14,17). The number of rotatable bonds is 3. The molecule has 2 aromatic rings. The van der Waals surface area contributed by atoms with Crippen molar-refractivity contribution in [3.8, 4) is 5.75 Å². The highest BCUT2D eigenvalue weighted by atomic mass is 35.5. The van der Waals surface area contributed by atoms with Crippen LogP contribution in [0.1, 0.15) is 5.56 Å². The van der Waals surface area contributed by atoms with Gasteiger partial charge in [-0.2, -0.15) is 0 Å². The van der Waals surface area contributed by atoms with Gasteiger partial charge in [0.2, 0.25) is 5.95 Å². The number of nitrogens with one attached hydrogen (secondary N) is 1. The fourth-order valence-corrected chi connectivity index (χ4v) is 1.95. The van der Waals surface area contributed by atoms with Crippen molar-refractivity contribution in [2.45, 2.75) is 6.54 Å². The number of aromatic nitrogens is 3. The van der Waals surface area contributed by atoms with Gasteiger partial charge in [-0.1, -0.05) is 17.7 Å². The molecule has 0 bridgehead atoms. The first-order valence-electron chi connectivity index (χ1n) is 4.85. The molecule has 1 heterocycles. The third-order valence-corrected chi connectivity index (χ3v) is 3.07. The van der Waals surface area contributed by atoms with E-state index >= 15 is 0 Å². The van der Waals surface area contributed by atoms with Crippen LogP contribution in [0.4, 0.5) is 5.95 Å². The summed E-state index contributed by atoms with van der Waals surface area (Å²) in [6.45, 7) is 0.421. The first-order chi connectivity index (χ1) is 8.13. The summed E-state index contributed by atoms with van der Waals surface area (Å²) in [6.07, 6.45) is 0. The predicted molar refractivity (Wildman–Crippen MR) is 68.9 cm³/mol. The zero-order chi connectivity index (χ0) is 12.4. The Morgan fingerprint density at radius 2 is 2.35 bits per heavy atom. The SMILES string of the molecule is COc1cccc(Cl)c1Cn1c(N)n[nH]c1=S. The molecule has 0 unspecified atom stereocenters. The lowest BCUT2D eigenvalue weighted by Gasteiger charge is -2.11. The first kappa shape index (κ1) is 11.9. The Hall–Kier alpha value is -1.53. The summed E-state index contributed by atoms with van der Waals surface area (Å²) in [7, 11) is 1.59. The van der Waals surface area contributed by atoms with Crippen molar-refractivity contribution in [2.24, 2.45) is 0 Å². The van der Waals surface area contributed by atoms with Crippen LogP contribution in [0.25, 0.3) is 0 Å². The van der Waals surface area contributed by atoms with Crippen molar-refractivity contribution in [1.29, 1.82) is 0 Å². The summed E-state index contributed by atoms with van der Waals surface area (Å²) >= 11 is 11.2. The van der Waals surface area contributed by atoms with Crippen molar-refractivity contribution in [3.05, 3.63) is 33.6 Å². The molecule has 1 aromatic carbocycles. The van der Waals surface area contributed by atoms with Crippen LogP contribution < -0.4 is 10.5 Å². The van der Waals surface area contributed by atoms with Gasteiger partial charge in [0.05, 0.1) is 13.7 Å². The van der Waals surface area contributed by atoms with Crippen LogP contribution in [0.2, 0.25) is 5.02 Å². The number of H-pyrrole nitrogens is 1. The summed E-state index contributed by atoms with van der Waals surface area (Å²) in [6, 6.07) is 5.45. The Morgan fingerprint density at radius 3 is 2.94 bits per heavy atom. The van der Waals surface area contributed by atoms with Gasteiger partial charge in [0, 0.05) is 10.6 Å². The van der Waals surface area contributed by atoms with Crippen molar-refractivity contribution in [2.75, 3.05) is 12.8 Å². The maximum Gasteiger partial charge on any atom is 0.220 e. The molecule has 0 aliphatic carbocycles.